The van der Waals surface area contributed by atoms with Gasteiger partial charge < -0.3 is 14.6 Å². The highest BCUT2D eigenvalue weighted by Crippen LogP contribution is 2.38. The number of ether oxygens (including phenoxy) is 2. The van der Waals surface area contributed by atoms with Crippen LogP contribution in [-0.4, -0.2) is 44.2 Å². The van der Waals surface area contributed by atoms with Crippen molar-refractivity contribution in [3.8, 4) is 5.75 Å². The van der Waals surface area contributed by atoms with E-state index in [1.807, 2.05) is 30.3 Å². The molecule has 0 fully saturated rings. The van der Waals surface area contributed by atoms with E-state index < -0.39 is 29.6 Å². The molecular weight excluding hydrogens is 520 g/mol. The van der Waals surface area contributed by atoms with Crippen LogP contribution in [0.5, 0.6) is 5.75 Å². The second-order valence-electron chi connectivity index (χ2n) is 8.76. The molecule has 2 aromatic carbocycles. The molecule has 2 heterocycles. The SMILES string of the molecule is CC(C)(C)OC(=O)N1C(=O)C(Br)=C(c2cn(C(=O)O)c3cc(OCc4ccccc4)ccc23)C1=O. The van der Waals surface area contributed by atoms with Gasteiger partial charge in [-0.15, -0.1) is 0 Å². The number of carboxylic acid groups (broad SMARTS) is 1. The smallest absolute Gasteiger partial charge is 0.424 e. The predicted octanol–water partition coefficient (Wildman–Crippen LogP) is 5.16. The van der Waals surface area contributed by atoms with Crippen LogP contribution in [-0.2, 0) is 20.9 Å². The molecule has 1 aromatic heterocycles. The minimum Gasteiger partial charge on any atom is -0.489 e. The van der Waals surface area contributed by atoms with Crippen LogP contribution in [0.15, 0.2) is 59.2 Å². The first-order chi connectivity index (χ1) is 16.5. The molecule has 4 rings (SSSR count). The summed E-state index contributed by atoms with van der Waals surface area (Å²) in [4.78, 5) is 50.7. The Bertz CT molecular complexity index is 1400. The lowest BCUT2D eigenvalue weighted by Crippen LogP contribution is -2.41. The van der Waals surface area contributed by atoms with Gasteiger partial charge in [-0.3, -0.25) is 14.2 Å². The molecule has 9 nitrogen and oxygen atoms in total. The zero-order valence-electron chi connectivity index (χ0n) is 19.1. The van der Waals surface area contributed by atoms with Crippen LogP contribution in [0.1, 0.15) is 31.9 Å². The monoisotopic (exact) mass is 540 g/mol. The molecule has 3 aromatic rings. The summed E-state index contributed by atoms with van der Waals surface area (Å²) in [5.74, 6) is -1.38. The van der Waals surface area contributed by atoms with Gasteiger partial charge >= 0.3 is 12.2 Å². The van der Waals surface area contributed by atoms with Gasteiger partial charge in [0.2, 0.25) is 0 Å². The molecule has 3 amide bonds. The number of carbonyl (C=O) groups is 4. The van der Waals surface area contributed by atoms with E-state index in [1.54, 1.807) is 32.9 Å². The van der Waals surface area contributed by atoms with Gasteiger partial charge in [0.1, 0.15) is 18.0 Å². The van der Waals surface area contributed by atoms with Gasteiger partial charge in [-0.25, -0.2) is 9.59 Å². The number of aromatic nitrogens is 1. The summed E-state index contributed by atoms with van der Waals surface area (Å²) in [7, 11) is 0. The van der Waals surface area contributed by atoms with E-state index in [0.29, 0.717) is 16.0 Å². The average Bonchev–Trinajstić information content (AvgIpc) is 3.26. The Morgan fingerprint density at radius 3 is 2.34 bits per heavy atom. The highest BCUT2D eigenvalue weighted by Gasteiger charge is 2.44. The minimum atomic E-state index is -1.29. The topological polar surface area (TPSA) is 115 Å². The summed E-state index contributed by atoms with van der Waals surface area (Å²) in [5, 5.41) is 10.1. The number of carbonyl (C=O) groups excluding carboxylic acids is 3. The van der Waals surface area contributed by atoms with Crippen molar-refractivity contribution in [1.29, 1.82) is 0 Å². The van der Waals surface area contributed by atoms with Crippen LogP contribution in [0.25, 0.3) is 16.5 Å². The highest BCUT2D eigenvalue weighted by atomic mass is 79.9. The number of fused-ring (bicyclic) bond motifs is 1. The lowest BCUT2D eigenvalue weighted by atomic mass is 10.1. The van der Waals surface area contributed by atoms with Crippen LogP contribution in [0.2, 0.25) is 0 Å². The number of benzene rings is 2. The van der Waals surface area contributed by atoms with Crippen molar-refractivity contribution >= 4 is 56.4 Å². The van der Waals surface area contributed by atoms with Crippen LogP contribution < -0.4 is 4.74 Å². The average molecular weight is 541 g/mol. The molecule has 0 radical (unpaired) electrons. The predicted molar refractivity (Wildman–Crippen MR) is 130 cm³/mol. The van der Waals surface area contributed by atoms with Crippen molar-refractivity contribution < 1.29 is 33.8 Å². The minimum absolute atomic E-state index is 0.135. The zero-order chi connectivity index (χ0) is 25.5. The van der Waals surface area contributed by atoms with Crippen molar-refractivity contribution in [1.82, 2.24) is 9.47 Å². The van der Waals surface area contributed by atoms with Gasteiger partial charge in [0.05, 0.1) is 15.6 Å². The molecule has 0 aliphatic carbocycles. The normalized spacial score (nSPS) is 14.1. The summed E-state index contributed by atoms with van der Waals surface area (Å²) < 4.78 is 11.8. The second-order valence-corrected chi connectivity index (χ2v) is 9.56. The molecule has 35 heavy (non-hydrogen) atoms. The Labute approximate surface area is 208 Å². The van der Waals surface area contributed by atoms with Crippen molar-refractivity contribution in [2.24, 2.45) is 0 Å². The Hall–Kier alpha value is -3.92. The Kier molecular flexibility index (Phi) is 6.25. The molecule has 1 N–H and O–H groups in total. The van der Waals surface area contributed by atoms with Crippen molar-refractivity contribution in [3.63, 3.8) is 0 Å². The van der Waals surface area contributed by atoms with E-state index in [0.717, 1.165) is 10.1 Å². The van der Waals surface area contributed by atoms with Crippen LogP contribution in [0, 0.1) is 0 Å². The summed E-state index contributed by atoms with van der Waals surface area (Å²) in [6, 6.07) is 14.2. The molecule has 0 atom stereocenters. The fourth-order valence-electron chi connectivity index (χ4n) is 3.60. The number of hydrogen-bond acceptors (Lipinski definition) is 6. The molecule has 0 spiro atoms. The van der Waals surface area contributed by atoms with E-state index in [1.165, 1.54) is 12.3 Å². The summed E-state index contributed by atoms with van der Waals surface area (Å²) >= 11 is 3.11. The van der Waals surface area contributed by atoms with Crippen molar-refractivity contribution in [2.75, 3.05) is 0 Å². The lowest BCUT2D eigenvalue weighted by molar-refractivity contribution is -0.135. The van der Waals surface area contributed by atoms with Gasteiger partial charge in [0, 0.05) is 23.2 Å². The third kappa shape index (κ3) is 4.69. The summed E-state index contributed by atoms with van der Waals surface area (Å²) in [6.07, 6.45) is -1.18. The van der Waals surface area contributed by atoms with E-state index in [4.69, 9.17) is 9.47 Å². The standard InChI is InChI=1S/C25H21BrN2O7/c1-25(2,3)35-24(33)28-21(29)19(20(26)22(28)30)17-12-27(23(31)32)18-11-15(9-10-16(17)18)34-13-14-7-5-4-6-8-14/h4-12H,13H2,1-3H3,(H,31,32). The van der Waals surface area contributed by atoms with Crippen LogP contribution >= 0.6 is 15.9 Å². The molecule has 0 bridgehead atoms. The molecule has 180 valence electrons. The number of nitrogens with zero attached hydrogens (tertiary/aromatic N) is 2. The van der Waals surface area contributed by atoms with Gasteiger partial charge in [-0.1, -0.05) is 30.3 Å². The Balaban J connectivity index is 1.72. The fourth-order valence-corrected chi connectivity index (χ4v) is 4.17. The first-order valence-electron chi connectivity index (χ1n) is 10.5. The first kappa shape index (κ1) is 24.2. The van der Waals surface area contributed by atoms with Crippen LogP contribution in [0.4, 0.5) is 9.59 Å². The van der Waals surface area contributed by atoms with Gasteiger partial charge in [-0.05, 0) is 54.4 Å². The van der Waals surface area contributed by atoms with E-state index in [2.05, 4.69) is 15.9 Å². The van der Waals surface area contributed by atoms with Gasteiger partial charge in [0.15, 0.2) is 0 Å². The third-order valence-corrected chi connectivity index (χ3v) is 5.84. The van der Waals surface area contributed by atoms with Crippen molar-refractivity contribution in [3.05, 3.63) is 70.3 Å². The molecule has 1 aliphatic heterocycles. The fraction of sp³-hybridized carbons (Fsp3) is 0.200. The molecule has 0 saturated heterocycles. The largest absolute Gasteiger partial charge is 0.489 e. The number of halogens is 1. The van der Waals surface area contributed by atoms with Crippen LogP contribution in [0.3, 0.4) is 0 Å². The number of amides is 3. The number of rotatable bonds is 4. The maximum Gasteiger partial charge on any atom is 0.424 e. The molecule has 0 unspecified atom stereocenters. The van der Waals surface area contributed by atoms with Gasteiger partial charge in [0.25, 0.3) is 11.8 Å². The Morgan fingerprint density at radius 2 is 1.71 bits per heavy atom. The zero-order valence-corrected chi connectivity index (χ0v) is 20.7. The first-order valence-corrected chi connectivity index (χ1v) is 11.3. The third-order valence-electron chi connectivity index (χ3n) is 5.10. The Morgan fingerprint density at radius 1 is 1.03 bits per heavy atom. The number of imide groups is 3. The molecule has 10 heteroatoms. The van der Waals surface area contributed by atoms with Crippen molar-refractivity contribution in [2.45, 2.75) is 33.0 Å². The summed E-state index contributed by atoms with van der Waals surface area (Å²) in [6.45, 7) is 5.10. The lowest BCUT2D eigenvalue weighted by Gasteiger charge is -2.22. The molecular formula is C25H21BrN2O7. The quantitative estimate of drug-likeness (QED) is 0.454. The summed E-state index contributed by atoms with van der Waals surface area (Å²) in [5.41, 5.74) is 0.301. The number of hydrogen-bond donors (Lipinski definition) is 1. The van der Waals surface area contributed by atoms with Gasteiger partial charge in [-0.2, -0.15) is 4.90 Å². The van der Waals surface area contributed by atoms with E-state index in [9.17, 15) is 24.3 Å². The highest BCUT2D eigenvalue weighted by molar-refractivity contribution is 9.12. The molecule has 0 saturated carbocycles. The maximum absolute atomic E-state index is 13.1. The van der Waals surface area contributed by atoms with E-state index in [-0.39, 0.29) is 27.7 Å². The maximum atomic E-state index is 13.1. The second kappa shape index (κ2) is 9.03. The van der Waals surface area contributed by atoms with E-state index >= 15 is 0 Å². The molecule has 1 aliphatic rings.